The van der Waals surface area contributed by atoms with E-state index < -0.39 is 0 Å². The molecule has 0 aromatic heterocycles. The predicted octanol–water partition coefficient (Wildman–Crippen LogP) is 4.55. The highest BCUT2D eigenvalue weighted by molar-refractivity contribution is 9.14. The van der Waals surface area contributed by atoms with Crippen LogP contribution in [0.15, 0.2) is 24.0 Å². The average molecular weight is 422 g/mol. The van der Waals surface area contributed by atoms with Crippen LogP contribution in [0.25, 0.3) is 0 Å². The molecule has 12 heavy (non-hydrogen) atoms. The second kappa shape index (κ2) is 4.35. The van der Waals surface area contributed by atoms with Crippen molar-refractivity contribution in [3.63, 3.8) is 0 Å². The third-order valence-corrected chi connectivity index (χ3v) is 5.29. The first-order chi connectivity index (χ1) is 5.57. The Labute approximate surface area is 103 Å². The van der Waals surface area contributed by atoms with Crippen molar-refractivity contribution in [1.82, 2.24) is 0 Å². The first kappa shape index (κ1) is 10.9. The van der Waals surface area contributed by atoms with Gasteiger partial charge in [-0.05, 0) is 69.8 Å². The normalized spacial score (nSPS) is 10.0. The molecule has 0 amide bonds. The van der Waals surface area contributed by atoms with Crippen molar-refractivity contribution in [3.8, 4) is 0 Å². The third-order valence-electron chi connectivity index (χ3n) is 1.26. The minimum Gasteiger partial charge on any atom is -0.298 e. The summed E-state index contributed by atoms with van der Waals surface area (Å²) in [6, 6.07) is 1.86. The molecule has 0 aliphatic carbocycles. The van der Waals surface area contributed by atoms with Crippen LogP contribution in [-0.2, 0) is 0 Å². The van der Waals surface area contributed by atoms with E-state index in [4.69, 9.17) is 0 Å². The van der Waals surface area contributed by atoms with Crippen LogP contribution in [0.2, 0.25) is 0 Å². The number of carbonyl (C=O) groups is 1. The molecule has 1 nitrogen and oxygen atoms in total. The minimum absolute atomic E-state index is 0.594. The number of aldehydes is 1. The van der Waals surface area contributed by atoms with E-state index in [1.54, 1.807) is 0 Å². The number of carbonyl (C=O) groups excluding carboxylic acids is 1. The molecular formula is C7H2Br4O. The van der Waals surface area contributed by atoms with Crippen LogP contribution in [0.3, 0.4) is 0 Å². The highest BCUT2D eigenvalue weighted by atomic mass is 79.9. The van der Waals surface area contributed by atoms with Crippen LogP contribution in [-0.4, -0.2) is 6.29 Å². The number of hydrogen-bond donors (Lipinski definition) is 0. The van der Waals surface area contributed by atoms with E-state index >= 15 is 0 Å². The van der Waals surface area contributed by atoms with Gasteiger partial charge in [-0.2, -0.15) is 0 Å². The lowest BCUT2D eigenvalue weighted by Crippen LogP contribution is -1.87. The van der Waals surface area contributed by atoms with Gasteiger partial charge in [-0.3, -0.25) is 4.79 Å². The summed E-state index contributed by atoms with van der Waals surface area (Å²) in [5, 5.41) is 0. The second-order valence-electron chi connectivity index (χ2n) is 2.00. The maximum absolute atomic E-state index is 10.7. The Morgan fingerprint density at radius 3 is 1.75 bits per heavy atom. The molecule has 1 aromatic carbocycles. The summed E-state index contributed by atoms with van der Waals surface area (Å²) >= 11 is 13.2. The zero-order chi connectivity index (χ0) is 9.30. The Morgan fingerprint density at radius 2 is 1.42 bits per heavy atom. The van der Waals surface area contributed by atoms with Crippen LogP contribution < -0.4 is 0 Å². The van der Waals surface area contributed by atoms with Crippen molar-refractivity contribution in [1.29, 1.82) is 0 Å². The molecule has 0 aliphatic heterocycles. The van der Waals surface area contributed by atoms with Gasteiger partial charge in [-0.25, -0.2) is 0 Å². The molecule has 0 saturated carbocycles. The second-order valence-corrected chi connectivity index (χ2v) is 5.29. The van der Waals surface area contributed by atoms with Crippen molar-refractivity contribution in [2.24, 2.45) is 0 Å². The van der Waals surface area contributed by atoms with Crippen LogP contribution in [0.1, 0.15) is 10.4 Å². The van der Waals surface area contributed by atoms with Crippen LogP contribution in [0.4, 0.5) is 0 Å². The molecule has 1 rings (SSSR count). The molecule has 0 saturated heterocycles. The van der Waals surface area contributed by atoms with E-state index in [-0.39, 0.29) is 0 Å². The molecule has 1 aromatic rings. The molecule has 64 valence electrons. The first-order valence-corrected chi connectivity index (χ1v) is 6.03. The highest BCUT2D eigenvalue weighted by Crippen LogP contribution is 2.36. The molecule has 0 atom stereocenters. The van der Waals surface area contributed by atoms with Gasteiger partial charge in [0.15, 0.2) is 6.29 Å². The Bertz CT molecular complexity index is 308. The molecule has 0 unspecified atom stereocenters. The molecule has 0 fully saturated rings. The van der Waals surface area contributed by atoms with Gasteiger partial charge < -0.3 is 0 Å². The summed E-state index contributed by atoms with van der Waals surface area (Å²) < 4.78 is 3.21. The van der Waals surface area contributed by atoms with Crippen molar-refractivity contribution in [2.45, 2.75) is 0 Å². The van der Waals surface area contributed by atoms with Gasteiger partial charge >= 0.3 is 0 Å². The zero-order valence-electron chi connectivity index (χ0n) is 5.57. The fourth-order valence-electron chi connectivity index (χ4n) is 0.695. The summed E-state index contributed by atoms with van der Waals surface area (Å²) in [6.07, 6.45) is 0.795. The van der Waals surface area contributed by atoms with Crippen molar-refractivity contribution in [2.75, 3.05) is 0 Å². The van der Waals surface area contributed by atoms with E-state index in [1.807, 2.05) is 6.07 Å². The molecule has 0 N–H and O–H groups in total. The van der Waals surface area contributed by atoms with E-state index in [0.717, 1.165) is 24.2 Å². The number of benzene rings is 1. The van der Waals surface area contributed by atoms with Gasteiger partial charge in [-0.1, -0.05) is 0 Å². The van der Waals surface area contributed by atoms with Gasteiger partial charge in [0.25, 0.3) is 0 Å². The van der Waals surface area contributed by atoms with Crippen LogP contribution in [0.5, 0.6) is 0 Å². The Balaban J connectivity index is 3.52. The number of hydrogen-bond acceptors (Lipinski definition) is 1. The molecule has 0 radical (unpaired) electrons. The SMILES string of the molecule is O=Cc1c(Br)c(Br)cc(Br)c1Br. The topological polar surface area (TPSA) is 17.1 Å². The summed E-state index contributed by atoms with van der Waals surface area (Å²) in [7, 11) is 0. The third kappa shape index (κ3) is 2.00. The van der Waals surface area contributed by atoms with Crippen molar-refractivity contribution in [3.05, 3.63) is 29.5 Å². The number of rotatable bonds is 1. The smallest absolute Gasteiger partial charge is 0.152 e. The van der Waals surface area contributed by atoms with Gasteiger partial charge in [-0.15, -0.1) is 0 Å². The Morgan fingerprint density at radius 1 is 1.00 bits per heavy atom. The predicted molar refractivity (Wildman–Crippen MR) is 62.6 cm³/mol. The molecule has 5 heteroatoms. The lowest BCUT2D eigenvalue weighted by atomic mass is 10.2. The molecule has 0 heterocycles. The lowest BCUT2D eigenvalue weighted by molar-refractivity contribution is 0.112. The largest absolute Gasteiger partial charge is 0.298 e. The van der Waals surface area contributed by atoms with E-state index in [9.17, 15) is 4.79 Å². The molecular weight excluding hydrogens is 420 g/mol. The van der Waals surface area contributed by atoms with Gasteiger partial charge in [0.2, 0.25) is 0 Å². The van der Waals surface area contributed by atoms with Gasteiger partial charge in [0, 0.05) is 23.5 Å². The Kier molecular flexibility index (Phi) is 3.95. The minimum atomic E-state index is 0.594. The summed E-state index contributed by atoms with van der Waals surface area (Å²) in [6.45, 7) is 0. The van der Waals surface area contributed by atoms with E-state index in [1.165, 1.54) is 0 Å². The molecule has 0 spiro atoms. The average Bonchev–Trinajstić information content (AvgIpc) is 2.02. The van der Waals surface area contributed by atoms with Crippen LogP contribution >= 0.6 is 63.7 Å². The quantitative estimate of drug-likeness (QED) is 0.480. The lowest BCUT2D eigenvalue weighted by Gasteiger charge is -2.04. The Hall–Kier alpha value is 0.810. The fraction of sp³-hybridized carbons (Fsp3) is 0. The van der Waals surface area contributed by atoms with Crippen LogP contribution in [0, 0.1) is 0 Å². The summed E-state index contributed by atoms with van der Waals surface area (Å²) in [5.41, 5.74) is 0.594. The molecule has 0 bridgehead atoms. The van der Waals surface area contributed by atoms with Crippen molar-refractivity contribution >= 4 is 70.0 Å². The van der Waals surface area contributed by atoms with E-state index in [0.29, 0.717) is 5.56 Å². The summed E-state index contributed by atoms with van der Waals surface area (Å²) in [5.74, 6) is 0. The first-order valence-electron chi connectivity index (χ1n) is 2.86. The maximum Gasteiger partial charge on any atom is 0.152 e. The van der Waals surface area contributed by atoms with E-state index in [2.05, 4.69) is 63.7 Å². The number of halogens is 4. The van der Waals surface area contributed by atoms with Crippen molar-refractivity contribution < 1.29 is 4.79 Å². The maximum atomic E-state index is 10.7. The van der Waals surface area contributed by atoms with Gasteiger partial charge in [0.1, 0.15) is 0 Å². The molecule has 0 aliphatic rings. The van der Waals surface area contributed by atoms with Gasteiger partial charge in [0.05, 0.1) is 0 Å². The monoisotopic (exact) mass is 418 g/mol. The summed E-state index contributed by atoms with van der Waals surface area (Å²) in [4.78, 5) is 10.7. The zero-order valence-corrected chi connectivity index (χ0v) is 11.9. The standard InChI is InChI=1S/C7H2Br4O/c8-4-1-5(9)7(11)3(2-12)6(4)10/h1-2H. The fourth-order valence-corrected chi connectivity index (χ4v) is 2.97. The highest BCUT2D eigenvalue weighted by Gasteiger charge is 2.10.